The van der Waals surface area contributed by atoms with Crippen LogP contribution in [0.15, 0.2) is 12.2 Å². The molecule has 2 N–H and O–H groups in total. The summed E-state index contributed by atoms with van der Waals surface area (Å²) in [4.78, 5) is 11.2. The first-order valence-corrected chi connectivity index (χ1v) is 4.35. The second-order valence-electron chi connectivity index (χ2n) is 3.66. The van der Waals surface area contributed by atoms with Crippen LogP contribution < -0.4 is 0 Å². The number of carbonyl (C=O) groups excluding carboxylic acids is 1. The minimum absolute atomic E-state index is 0.0428. The Morgan fingerprint density at radius 2 is 2.38 bits per heavy atom. The van der Waals surface area contributed by atoms with E-state index in [9.17, 15) is 9.90 Å². The third-order valence-electron chi connectivity index (χ3n) is 2.78. The van der Waals surface area contributed by atoms with Gasteiger partial charge in [-0.2, -0.15) is 0 Å². The normalized spacial score (nSPS) is 43.1. The summed E-state index contributed by atoms with van der Waals surface area (Å²) >= 11 is 0. The Balaban J connectivity index is 2.25. The molecule has 0 bridgehead atoms. The van der Waals surface area contributed by atoms with E-state index < -0.39 is 11.6 Å². The quantitative estimate of drug-likeness (QED) is 0.424. The topological polar surface area (TPSA) is 66.8 Å². The lowest BCUT2D eigenvalue weighted by Gasteiger charge is -2.29. The van der Waals surface area contributed by atoms with E-state index in [1.54, 1.807) is 6.08 Å². The molecule has 0 unspecified atom stereocenters. The van der Waals surface area contributed by atoms with Gasteiger partial charge in [0, 0.05) is 12.5 Å². The van der Waals surface area contributed by atoms with Gasteiger partial charge in [0.05, 0.1) is 5.92 Å². The van der Waals surface area contributed by atoms with Crippen LogP contribution in [0.1, 0.15) is 6.42 Å². The van der Waals surface area contributed by atoms with Crippen molar-refractivity contribution in [3.63, 3.8) is 0 Å². The molecule has 0 aromatic heterocycles. The smallest absolute Gasteiger partial charge is 0.338 e. The minimum Gasteiger partial charge on any atom is -0.463 e. The number of carbonyl (C=O) groups is 1. The van der Waals surface area contributed by atoms with Gasteiger partial charge < -0.3 is 14.9 Å². The zero-order valence-corrected chi connectivity index (χ0v) is 7.14. The Kier molecular flexibility index (Phi) is 1.89. The Morgan fingerprint density at radius 3 is 3.08 bits per heavy atom. The molecule has 4 nitrogen and oxygen atoms in total. The summed E-state index contributed by atoms with van der Waals surface area (Å²) < 4.78 is 4.77. The number of hydrogen-bond donors (Lipinski definition) is 2. The van der Waals surface area contributed by atoms with E-state index in [1.165, 1.54) is 0 Å². The number of rotatable bonds is 1. The second kappa shape index (κ2) is 2.82. The predicted octanol–water partition coefficient (Wildman–Crippen LogP) is -0.541. The van der Waals surface area contributed by atoms with E-state index in [0.29, 0.717) is 0 Å². The van der Waals surface area contributed by atoms with Gasteiger partial charge in [-0.1, -0.05) is 12.2 Å². The van der Waals surface area contributed by atoms with Crippen LogP contribution in [0.4, 0.5) is 0 Å². The highest BCUT2D eigenvalue weighted by molar-refractivity contribution is 5.82. The highest BCUT2D eigenvalue weighted by Crippen LogP contribution is 2.37. The molecule has 1 saturated heterocycles. The third-order valence-corrected chi connectivity index (χ3v) is 2.78. The maximum Gasteiger partial charge on any atom is 0.338 e. The lowest BCUT2D eigenvalue weighted by Crippen LogP contribution is -2.44. The fourth-order valence-corrected chi connectivity index (χ4v) is 1.91. The molecule has 3 atom stereocenters. The van der Waals surface area contributed by atoms with E-state index in [-0.39, 0.29) is 31.5 Å². The van der Waals surface area contributed by atoms with E-state index >= 15 is 0 Å². The molecule has 13 heavy (non-hydrogen) atoms. The molecule has 2 aliphatic rings. The third kappa shape index (κ3) is 1.17. The van der Waals surface area contributed by atoms with Gasteiger partial charge in [-0.15, -0.1) is 0 Å². The summed E-state index contributed by atoms with van der Waals surface area (Å²) in [5.74, 6) is -0.921. The van der Waals surface area contributed by atoms with Crippen molar-refractivity contribution in [2.45, 2.75) is 12.0 Å². The standard InChI is InChI=1S/C9H12O4/c10-4-6-1-2-7-5-13-8(11)9(7,12)3-6/h1-2,6-7,10,12H,3-5H2/t6-,7-,9+/m1/s1. The number of aliphatic hydroxyl groups excluding tert-OH is 1. The van der Waals surface area contributed by atoms with Crippen LogP contribution in [-0.4, -0.2) is 35.0 Å². The van der Waals surface area contributed by atoms with Crippen molar-refractivity contribution in [1.82, 2.24) is 0 Å². The van der Waals surface area contributed by atoms with Gasteiger partial charge in [0.1, 0.15) is 6.61 Å². The number of ether oxygens (including phenoxy) is 1. The first-order valence-electron chi connectivity index (χ1n) is 4.35. The summed E-state index contributed by atoms with van der Waals surface area (Å²) in [7, 11) is 0. The van der Waals surface area contributed by atoms with Crippen molar-refractivity contribution >= 4 is 5.97 Å². The Hall–Kier alpha value is -0.870. The Bertz CT molecular complexity index is 260. The summed E-state index contributed by atoms with van der Waals surface area (Å²) in [5, 5.41) is 18.8. The molecule has 4 heteroatoms. The summed E-state index contributed by atoms with van der Waals surface area (Å²) in [6, 6.07) is 0. The Labute approximate surface area is 75.8 Å². The monoisotopic (exact) mass is 184 g/mol. The van der Waals surface area contributed by atoms with Crippen molar-refractivity contribution in [2.75, 3.05) is 13.2 Å². The van der Waals surface area contributed by atoms with Crippen LogP contribution in [0.2, 0.25) is 0 Å². The van der Waals surface area contributed by atoms with Crippen LogP contribution >= 0.6 is 0 Å². The number of aliphatic hydroxyl groups is 2. The van der Waals surface area contributed by atoms with Gasteiger partial charge >= 0.3 is 5.97 Å². The lowest BCUT2D eigenvalue weighted by atomic mass is 9.77. The highest BCUT2D eigenvalue weighted by Gasteiger charge is 2.52. The fourth-order valence-electron chi connectivity index (χ4n) is 1.91. The van der Waals surface area contributed by atoms with E-state index in [0.717, 1.165) is 0 Å². The molecule has 72 valence electrons. The minimum atomic E-state index is -1.39. The average molecular weight is 184 g/mol. The van der Waals surface area contributed by atoms with E-state index in [1.807, 2.05) is 6.08 Å². The number of cyclic esters (lactones) is 1. The van der Waals surface area contributed by atoms with Gasteiger partial charge in [-0.3, -0.25) is 0 Å². The molecule has 1 aliphatic heterocycles. The fraction of sp³-hybridized carbons (Fsp3) is 0.667. The zero-order chi connectivity index (χ0) is 9.47. The van der Waals surface area contributed by atoms with Gasteiger partial charge in [-0.25, -0.2) is 4.79 Å². The van der Waals surface area contributed by atoms with Gasteiger partial charge in [0.25, 0.3) is 0 Å². The largest absolute Gasteiger partial charge is 0.463 e. The van der Waals surface area contributed by atoms with Crippen LogP contribution in [-0.2, 0) is 9.53 Å². The molecule has 0 radical (unpaired) electrons. The maximum atomic E-state index is 11.2. The maximum absolute atomic E-state index is 11.2. The van der Waals surface area contributed by atoms with Gasteiger partial charge in [0.15, 0.2) is 5.60 Å². The highest BCUT2D eigenvalue weighted by atomic mass is 16.6. The first-order chi connectivity index (χ1) is 6.16. The van der Waals surface area contributed by atoms with E-state index in [2.05, 4.69) is 0 Å². The van der Waals surface area contributed by atoms with Gasteiger partial charge in [0.2, 0.25) is 0 Å². The molecule has 0 spiro atoms. The molecule has 0 aromatic rings. The van der Waals surface area contributed by atoms with Crippen LogP contribution in [0, 0.1) is 11.8 Å². The van der Waals surface area contributed by atoms with Crippen molar-refractivity contribution in [3.05, 3.63) is 12.2 Å². The first kappa shape index (κ1) is 8.72. The number of esters is 1. The van der Waals surface area contributed by atoms with Crippen molar-refractivity contribution in [1.29, 1.82) is 0 Å². The van der Waals surface area contributed by atoms with Crippen molar-refractivity contribution < 1.29 is 19.7 Å². The predicted molar refractivity (Wildman–Crippen MR) is 43.7 cm³/mol. The van der Waals surface area contributed by atoms with Crippen LogP contribution in [0.5, 0.6) is 0 Å². The summed E-state index contributed by atoms with van der Waals surface area (Å²) in [6.45, 7) is 0.211. The van der Waals surface area contributed by atoms with Crippen molar-refractivity contribution in [3.8, 4) is 0 Å². The number of fused-ring (bicyclic) bond motifs is 1. The summed E-state index contributed by atoms with van der Waals surface area (Å²) in [6.07, 6.45) is 3.86. The molecule has 0 aromatic carbocycles. The molecule has 1 fully saturated rings. The van der Waals surface area contributed by atoms with E-state index in [4.69, 9.17) is 9.84 Å². The lowest BCUT2D eigenvalue weighted by molar-refractivity contribution is -0.155. The zero-order valence-electron chi connectivity index (χ0n) is 7.14. The second-order valence-corrected chi connectivity index (χ2v) is 3.66. The molecule has 1 heterocycles. The number of hydrogen-bond acceptors (Lipinski definition) is 4. The molecule has 1 aliphatic carbocycles. The SMILES string of the molecule is O=C1OC[C@H]2C=C[C@@H](CO)C[C@@]12O. The summed E-state index contributed by atoms with van der Waals surface area (Å²) in [5.41, 5.74) is -1.39. The van der Waals surface area contributed by atoms with Crippen LogP contribution in [0.3, 0.4) is 0 Å². The van der Waals surface area contributed by atoms with Crippen molar-refractivity contribution in [2.24, 2.45) is 11.8 Å². The molecule has 0 saturated carbocycles. The van der Waals surface area contributed by atoms with Gasteiger partial charge in [-0.05, 0) is 6.42 Å². The van der Waals surface area contributed by atoms with Crippen LogP contribution in [0.25, 0.3) is 0 Å². The molecule has 2 rings (SSSR count). The molecular formula is C9H12O4. The average Bonchev–Trinajstić information content (AvgIpc) is 2.42. The Morgan fingerprint density at radius 1 is 1.62 bits per heavy atom. The molecule has 0 amide bonds. The molecular weight excluding hydrogens is 172 g/mol.